The van der Waals surface area contributed by atoms with E-state index in [0.29, 0.717) is 18.6 Å². The lowest BCUT2D eigenvalue weighted by Crippen LogP contribution is -2.19. The first kappa shape index (κ1) is 22.8. The number of aromatic hydroxyl groups is 1. The lowest BCUT2D eigenvalue weighted by atomic mass is 9.78. The van der Waals surface area contributed by atoms with Gasteiger partial charge >= 0.3 is 0 Å². The molecule has 1 aromatic heterocycles. The van der Waals surface area contributed by atoms with Crippen molar-refractivity contribution in [1.29, 1.82) is 0 Å². The van der Waals surface area contributed by atoms with E-state index < -0.39 is 0 Å². The van der Waals surface area contributed by atoms with E-state index in [-0.39, 0.29) is 16.7 Å². The summed E-state index contributed by atoms with van der Waals surface area (Å²) in [5, 5.41) is 14.2. The van der Waals surface area contributed by atoms with Crippen molar-refractivity contribution < 1.29 is 9.90 Å². The number of carbonyl (C=O) groups is 1. The van der Waals surface area contributed by atoms with Crippen LogP contribution in [0.15, 0.2) is 12.1 Å². The highest BCUT2D eigenvalue weighted by atomic mass is 16.3. The molecule has 2 aliphatic carbocycles. The van der Waals surface area contributed by atoms with Crippen molar-refractivity contribution in [3.8, 4) is 5.75 Å². The Kier molecular flexibility index (Phi) is 5.85. The van der Waals surface area contributed by atoms with Gasteiger partial charge in [0.25, 0.3) is 0 Å². The fourth-order valence-electron chi connectivity index (χ4n) is 5.18. The fraction of sp³-hybridized carbons (Fsp3) is 0.571. The van der Waals surface area contributed by atoms with E-state index in [1.54, 1.807) is 0 Å². The maximum atomic E-state index is 13.0. The van der Waals surface area contributed by atoms with E-state index in [0.717, 1.165) is 60.9 Å². The Morgan fingerprint density at radius 2 is 1.41 bits per heavy atom. The molecule has 0 bridgehead atoms. The van der Waals surface area contributed by atoms with Gasteiger partial charge in [0.15, 0.2) is 0 Å². The third kappa shape index (κ3) is 4.42. The number of hydrogen-bond donors (Lipinski definition) is 2. The Morgan fingerprint density at radius 1 is 0.906 bits per heavy atom. The van der Waals surface area contributed by atoms with Gasteiger partial charge in [0.05, 0.1) is 5.69 Å². The topological polar surface area (TPSA) is 62.2 Å². The molecule has 4 nitrogen and oxygen atoms in total. The molecule has 0 radical (unpaired) electrons. The quantitative estimate of drug-likeness (QED) is 0.627. The van der Waals surface area contributed by atoms with Gasteiger partial charge in [-0.2, -0.15) is 0 Å². The van der Waals surface area contributed by atoms with E-state index in [9.17, 15) is 9.90 Å². The molecule has 2 N–H and O–H groups in total. The average Bonchev–Trinajstić information content (AvgIpc) is 3.34. The molecule has 0 saturated heterocycles. The van der Waals surface area contributed by atoms with Crippen LogP contribution in [0, 0.1) is 0 Å². The molecule has 2 aromatic rings. The summed E-state index contributed by atoms with van der Waals surface area (Å²) in [6.45, 7) is 12.7. The number of nitrogens with one attached hydrogen (secondary N) is 1. The number of fused-ring (bicyclic) bond motifs is 2. The van der Waals surface area contributed by atoms with Crippen molar-refractivity contribution >= 4 is 11.6 Å². The minimum Gasteiger partial charge on any atom is -0.507 e. The van der Waals surface area contributed by atoms with E-state index >= 15 is 0 Å². The number of pyridine rings is 1. The van der Waals surface area contributed by atoms with Crippen molar-refractivity contribution in [2.75, 3.05) is 5.32 Å². The van der Waals surface area contributed by atoms with Gasteiger partial charge in [-0.25, -0.2) is 0 Å². The first-order chi connectivity index (χ1) is 14.9. The first-order valence-electron chi connectivity index (χ1n) is 12.2. The summed E-state index contributed by atoms with van der Waals surface area (Å²) in [5.41, 5.74) is 8.69. The van der Waals surface area contributed by atoms with Crippen molar-refractivity contribution in [3.63, 3.8) is 0 Å². The predicted octanol–water partition coefficient (Wildman–Crippen LogP) is 5.93. The lowest BCUT2D eigenvalue weighted by molar-refractivity contribution is -0.116. The van der Waals surface area contributed by atoms with Crippen LogP contribution in [0.1, 0.15) is 100 Å². The molecule has 1 aromatic carbocycles. The van der Waals surface area contributed by atoms with E-state index in [1.807, 2.05) is 0 Å². The summed E-state index contributed by atoms with van der Waals surface area (Å²) < 4.78 is 0. The van der Waals surface area contributed by atoms with Gasteiger partial charge in [0, 0.05) is 17.8 Å². The maximum Gasteiger partial charge on any atom is 0.224 e. The molecule has 0 atom stereocenters. The largest absolute Gasteiger partial charge is 0.507 e. The number of aryl methyl sites for hydroxylation is 3. The Bertz CT molecular complexity index is 987. The van der Waals surface area contributed by atoms with Crippen molar-refractivity contribution in [2.45, 2.75) is 104 Å². The summed E-state index contributed by atoms with van der Waals surface area (Å²) in [7, 11) is 0. The highest BCUT2D eigenvalue weighted by Crippen LogP contribution is 2.40. The third-order valence-corrected chi connectivity index (χ3v) is 6.94. The van der Waals surface area contributed by atoms with Crippen LogP contribution >= 0.6 is 0 Å². The molecule has 0 unspecified atom stereocenters. The Balaban J connectivity index is 1.56. The van der Waals surface area contributed by atoms with Crippen LogP contribution in [-0.4, -0.2) is 16.0 Å². The summed E-state index contributed by atoms with van der Waals surface area (Å²) in [6, 6.07) is 4.17. The van der Waals surface area contributed by atoms with Gasteiger partial charge in [-0.1, -0.05) is 53.7 Å². The smallest absolute Gasteiger partial charge is 0.224 e. The molecule has 1 amide bonds. The Morgan fingerprint density at radius 3 is 1.88 bits per heavy atom. The zero-order chi connectivity index (χ0) is 23.3. The lowest BCUT2D eigenvalue weighted by Gasteiger charge is -2.28. The highest BCUT2D eigenvalue weighted by molar-refractivity contribution is 5.93. The van der Waals surface area contributed by atoms with Crippen LogP contribution < -0.4 is 5.32 Å². The number of phenols is 1. The second kappa shape index (κ2) is 8.20. The van der Waals surface area contributed by atoms with Crippen LogP contribution in [0.5, 0.6) is 5.75 Å². The third-order valence-electron chi connectivity index (χ3n) is 6.94. The minimum absolute atomic E-state index is 0.0714. The zero-order valence-corrected chi connectivity index (χ0v) is 20.6. The number of hydrogen-bond acceptors (Lipinski definition) is 3. The highest BCUT2D eigenvalue weighted by Gasteiger charge is 2.28. The Hall–Kier alpha value is -2.36. The van der Waals surface area contributed by atoms with Gasteiger partial charge in [0.1, 0.15) is 5.75 Å². The number of rotatable bonds is 4. The maximum absolute atomic E-state index is 13.0. The summed E-state index contributed by atoms with van der Waals surface area (Å²) in [4.78, 5) is 17.9. The number of aromatic nitrogens is 1. The van der Waals surface area contributed by atoms with Gasteiger partial charge < -0.3 is 10.4 Å². The summed E-state index contributed by atoms with van der Waals surface area (Å²) in [6.07, 6.45) is 7.46. The van der Waals surface area contributed by atoms with E-state index in [1.165, 1.54) is 22.5 Å². The van der Waals surface area contributed by atoms with E-state index in [2.05, 4.69) is 59.0 Å². The second-order valence-electron chi connectivity index (χ2n) is 11.6. The van der Waals surface area contributed by atoms with Crippen LogP contribution in [-0.2, 0) is 47.7 Å². The molecular weight excluding hydrogens is 396 g/mol. The second-order valence-corrected chi connectivity index (χ2v) is 11.6. The fourth-order valence-corrected chi connectivity index (χ4v) is 5.18. The normalized spacial score (nSPS) is 15.6. The average molecular weight is 435 g/mol. The van der Waals surface area contributed by atoms with Crippen LogP contribution in [0.2, 0.25) is 0 Å². The summed E-state index contributed by atoms with van der Waals surface area (Å²) in [5.74, 6) is 0.461. The molecule has 0 spiro atoms. The van der Waals surface area contributed by atoms with Gasteiger partial charge in [-0.15, -0.1) is 0 Å². The molecule has 0 fully saturated rings. The molecule has 32 heavy (non-hydrogen) atoms. The SMILES string of the molecule is CC(C)(C)c1cc(CCC(=O)Nc2c3c(nc4c2CCC4)CCC3)cc(C(C)(C)C)c1O. The van der Waals surface area contributed by atoms with Crippen LogP contribution in [0.4, 0.5) is 5.69 Å². The zero-order valence-electron chi connectivity index (χ0n) is 20.6. The molecule has 172 valence electrons. The predicted molar refractivity (Wildman–Crippen MR) is 131 cm³/mol. The molecule has 0 saturated carbocycles. The van der Waals surface area contributed by atoms with Gasteiger partial charge in [-0.05, 0) is 83.6 Å². The standard InChI is InChI=1S/C28H38N2O2/c1-27(2,3)20-15-17(16-21(26(20)32)28(4,5)6)13-14-24(31)30-25-18-9-7-11-22(18)29-23-12-8-10-19(23)25/h15-16,32H,7-14H2,1-6H3,(H,29,30,31). The molecule has 1 heterocycles. The van der Waals surface area contributed by atoms with Crippen LogP contribution in [0.25, 0.3) is 0 Å². The number of carbonyl (C=O) groups excluding carboxylic acids is 1. The summed E-state index contributed by atoms with van der Waals surface area (Å²) >= 11 is 0. The van der Waals surface area contributed by atoms with Crippen molar-refractivity contribution in [2.24, 2.45) is 0 Å². The van der Waals surface area contributed by atoms with Crippen molar-refractivity contribution in [1.82, 2.24) is 4.98 Å². The number of benzene rings is 1. The molecule has 0 aliphatic heterocycles. The number of nitrogens with zero attached hydrogens (tertiary/aromatic N) is 1. The van der Waals surface area contributed by atoms with Gasteiger partial charge in [0.2, 0.25) is 5.91 Å². The van der Waals surface area contributed by atoms with Crippen LogP contribution in [0.3, 0.4) is 0 Å². The van der Waals surface area contributed by atoms with E-state index in [4.69, 9.17) is 4.98 Å². The molecule has 2 aliphatic rings. The molecule has 4 heteroatoms. The minimum atomic E-state index is -0.166. The number of amides is 1. The molecule has 4 rings (SSSR count). The first-order valence-corrected chi connectivity index (χ1v) is 12.2. The van der Waals surface area contributed by atoms with Crippen molar-refractivity contribution in [3.05, 3.63) is 51.3 Å². The monoisotopic (exact) mass is 434 g/mol. The number of anilines is 1. The molecular formula is C28H38N2O2. The Labute approximate surface area is 192 Å². The number of phenolic OH excluding ortho intramolecular Hbond substituents is 1. The van der Waals surface area contributed by atoms with Gasteiger partial charge in [-0.3, -0.25) is 9.78 Å².